The zero-order valence-corrected chi connectivity index (χ0v) is 15.5. The second-order valence-electron chi connectivity index (χ2n) is 4.72. The van der Waals surface area contributed by atoms with Crippen molar-refractivity contribution >= 4 is 51.2 Å². The molecule has 0 saturated heterocycles. The summed E-state index contributed by atoms with van der Waals surface area (Å²) in [6, 6.07) is 8.38. The smallest absolute Gasteiger partial charge is 0.331 e. The standard InChI is InChI=1S/C16H9BrCl2N2O4/c17-13-5-4-12(24-13)16-21-20-14(25-16)8-23-15(22)6-2-9-1-3-10(18)11(19)7-9/h1-7H,8H2/b6-2+. The van der Waals surface area contributed by atoms with Crippen molar-refractivity contribution in [2.24, 2.45) is 0 Å². The van der Waals surface area contributed by atoms with Gasteiger partial charge in [-0.05, 0) is 51.8 Å². The van der Waals surface area contributed by atoms with Crippen LogP contribution in [0, 0.1) is 0 Å². The van der Waals surface area contributed by atoms with Crippen molar-refractivity contribution in [2.45, 2.75) is 6.61 Å². The molecule has 0 bridgehead atoms. The summed E-state index contributed by atoms with van der Waals surface area (Å²) in [6.07, 6.45) is 2.82. The fourth-order valence-corrected chi connectivity index (χ4v) is 2.42. The Bertz CT molecular complexity index is 936. The first-order valence-electron chi connectivity index (χ1n) is 6.89. The van der Waals surface area contributed by atoms with Crippen LogP contribution in [0.15, 0.2) is 49.9 Å². The first-order chi connectivity index (χ1) is 12.0. The predicted molar refractivity (Wildman–Crippen MR) is 95.0 cm³/mol. The third-order valence-corrected chi connectivity index (χ3v) is 4.11. The van der Waals surface area contributed by atoms with Crippen LogP contribution in [-0.4, -0.2) is 16.2 Å². The highest BCUT2D eigenvalue weighted by molar-refractivity contribution is 9.10. The first-order valence-corrected chi connectivity index (χ1v) is 8.44. The van der Waals surface area contributed by atoms with Crippen LogP contribution in [0.25, 0.3) is 17.7 Å². The molecule has 3 aromatic rings. The van der Waals surface area contributed by atoms with Crippen molar-refractivity contribution in [1.82, 2.24) is 10.2 Å². The molecular formula is C16H9BrCl2N2O4. The molecule has 128 valence electrons. The molecule has 0 aliphatic rings. The fraction of sp³-hybridized carbons (Fsp3) is 0.0625. The highest BCUT2D eigenvalue weighted by Crippen LogP contribution is 2.24. The van der Waals surface area contributed by atoms with E-state index in [2.05, 4.69) is 26.1 Å². The minimum atomic E-state index is -0.563. The summed E-state index contributed by atoms with van der Waals surface area (Å²) in [5.41, 5.74) is 0.717. The van der Waals surface area contributed by atoms with Gasteiger partial charge in [0.15, 0.2) is 17.0 Å². The predicted octanol–water partition coefficient (Wildman–Crippen LogP) is 5.16. The molecule has 0 aliphatic carbocycles. The molecule has 0 radical (unpaired) electrons. The number of nitrogens with zero attached hydrogens (tertiary/aromatic N) is 2. The zero-order chi connectivity index (χ0) is 17.8. The zero-order valence-electron chi connectivity index (χ0n) is 12.4. The molecule has 25 heavy (non-hydrogen) atoms. The Morgan fingerprint density at radius 2 is 2.00 bits per heavy atom. The second-order valence-corrected chi connectivity index (χ2v) is 6.32. The first kappa shape index (κ1) is 17.7. The van der Waals surface area contributed by atoms with Crippen LogP contribution < -0.4 is 0 Å². The van der Waals surface area contributed by atoms with E-state index in [0.717, 1.165) is 5.56 Å². The monoisotopic (exact) mass is 442 g/mol. The molecule has 0 atom stereocenters. The number of hydrogen-bond donors (Lipinski definition) is 0. The number of ether oxygens (including phenoxy) is 1. The number of esters is 1. The highest BCUT2D eigenvalue weighted by atomic mass is 79.9. The maximum atomic E-state index is 11.7. The Hall–Kier alpha value is -2.09. The normalized spacial score (nSPS) is 11.2. The third-order valence-electron chi connectivity index (χ3n) is 2.94. The summed E-state index contributed by atoms with van der Waals surface area (Å²) >= 11 is 14.9. The Morgan fingerprint density at radius 1 is 1.16 bits per heavy atom. The lowest BCUT2D eigenvalue weighted by Crippen LogP contribution is -2.00. The molecule has 0 saturated carbocycles. The molecule has 2 heterocycles. The van der Waals surface area contributed by atoms with Crippen LogP contribution in [0.5, 0.6) is 0 Å². The summed E-state index contributed by atoms with van der Waals surface area (Å²) < 4.78 is 16.2. The molecule has 0 N–H and O–H groups in total. The van der Waals surface area contributed by atoms with E-state index in [1.165, 1.54) is 6.08 Å². The molecule has 6 nitrogen and oxygen atoms in total. The van der Waals surface area contributed by atoms with Crippen LogP contribution in [0.4, 0.5) is 0 Å². The van der Waals surface area contributed by atoms with Gasteiger partial charge in [0.05, 0.1) is 10.0 Å². The van der Waals surface area contributed by atoms with Crippen molar-refractivity contribution in [3.8, 4) is 11.7 Å². The summed E-state index contributed by atoms with van der Waals surface area (Å²) in [5.74, 6) is 0.199. The van der Waals surface area contributed by atoms with Crippen molar-refractivity contribution < 1.29 is 18.4 Å². The van der Waals surface area contributed by atoms with E-state index < -0.39 is 5.97 Å². The van der Waals surface area contributed by atoms with Crippen molar-refractivity contribution in [3.63, 3.8) is 0 Å². The molecule has 0 aliphatic heterocycles. The summed E-state index contributed by atoms with van der Waals surface area (Å²) in [7, 11) is 0. The largest absolute Gasteiger partial charge is 0.452 e. The Balaban J connectivity index is 1.56. The van der Waals surface area contributed by atoms with E-state index in [1.54, 1.807) is 36.4 Å². The number of hydrogen-bond acceptors (Lipinski definition) is 6. The molecule has 0 fully saturated rings. The van der Waals surface area contributed by atoms with E-state index in [1.807, 2.05) is 0 Å². The van der Waals surface area contributed by atoms with Gasteiger partial charge in [0, 0.05) is 6.08 Å². The summed E-state index contributed by atoms with van der Waals surface area (Å²) in [6.45, 7) is -0.153. The maximum absolute atomic E-state index is 11.7. The number of carbonyl (C=O) groups excluding carboxylic acids is 1. The maximum Gasteiger partial charge on any atom is 0.331 e. The number of benzene rings is 1. The van der Waals surface area contributed by atoms with Crippen molar-refractivity contribution in [3.05, 3.63) is 62.6 Å². The van der Waals surface area contributed by atoms with E-state index in [9.17, 15) is 4.79 Å². The van der Waals surface area contributed by atoms with Gasteiger partial charge in [0.2, 0.25) is 0 Å². The molecule has 9 heteroatoms. The topological polar surface area (TPSA) is 78.4 Å². The van der Waals surface area contributed by atoms with Gasteiger partial charge >= 0.3 is 5.97 Å². The lowest BCUT2D eigenvalue weighted by molar-refractivity contribution is -0.139. The lowest BCUT2D eigenvalue weighted by atomic mass is 10.2. The minimum absolute atomic E-state index is 0.152. The minimum Gasteiger partial charge on any atom is -0.452 e. The van der Waals surface area contributed by atoms with Crippen LogP contribution in [-0.2, 0) is 16.1 Å². The fourth-order valence-electron chi connectivity index (χ4n) is 1.80. The SMILES string of the molecule is O=C(/C=C/c1ccc(Cl)c(Cl)c1)OCc1nnc(-c2ccc(Br)o2)o1. The quantitative estimate of drug-likeness (QED) is 0.400. The van der Waals surface area contributed by atoms with Gasteiger partial charge < -0.3 is 13.6 Å². The average Bonchev–Trinajstić information content (AvgIpc) is 3.23. The van der Waals surface area contributed by atoms with Gasteiger partial charge in [0.25, 0.3) is 11.8 Å². The Labute approximate surface area is 160 Å². The summed E-state index contributed by atoms with van der Waals surface area (Å²) in [5, 5.41) is 8.45. The van der Waals surface area contributed by atoms with Gasteiger partial charge in [-0.1, -0.05) is 29.3 Å². The molecular weight excluding hydrogens is 435 g/mol. The summed E-state index contributed by atoms with van der Waals surface area (Å²) in [4.78, 5) is 11.7. The third kappa shape index (κ3) is 4.72. The van der Waals surface area contributed by atoms with Crippen molar-refractivity contribution in [2.75, 3.05) is 0 Å². The second kappa shape index (κ2) is 7.86. The van der Waals surface area contributed by atoms with E-state index in [4.69, 9.17) is 36.8 Å². The molecule has 0 spiro atoms. The van der Waals surface area contributed by atoms with Gasteiger partial charge in [-0.2, -0.15) is 0 Å². The molecule has 2 aromatic heterocycles. The van der Waals surface area contributed by atoms with Gasteiger partial charge in [-0.15, -0.1) is 10.2 Å². The van der Waals surface area contributed by atoms with E-state index in [0.29, 0.717) is 20.5 Å². The van der Waals surface area contributed by atoms with Gasteiger partial charge in [-0.25, -0.2) is 4.79 Å². The number of aromatic nitrogens is 2. The molecule has 1 aromatic carbocycles. The van der Waals surface area contributed by atoms with E-state index >= 15 is 0 Å². The van der Waals surface area contributed by atoms with Crippen LogP contribution in [0.3, 0.4) is 0 Å². The van der Waals surface area contributed by atoms with Crippen LogP contribution >= 0.6 is 39.1 Å². The lowest BCUT2D eigenvalue weighted by Gasteiger charge is -1.99. The number of halogens is 3. The molecule has 0 unspecified atom stereocenters. The Morgan fingerprint density at radius 3 is 2.72 bits per heavy atom. The van der Waals surface area contributed by atoms with Crippen LogP contribution in [0.2, 0.25) is 10.0 Å². The number of furan rings is 1. The van der Waals surface area contributed by atoms with Gasteiger partial charge in [-0.3, -0.25) is 0 Å². The molecule has 3 rings (SSSR count). The van der Waals surface area contributed by atoms with Crippen molar-refractivity contribution in [1.29, 1.82) is 0 Å². The average molecular weight is 444 g/mol. The van der Waals surface area contributed by atoms with Crippen LogP contribution in [0.1, 0.15) is 11.5 Å². The van der Waals surface area contributed by atoms with Gasteiger partial charge in [0.1, 0.15) is 0 Å². The number of rotatable bonds is 5. The highest BCUT2D eigenvalue weighted by Gasteiger charge is 2.13. The van der Waals surface area contributed by atoms with E-state index in [-0.39, 0.29) is 18.4 Å². The molecule has 0 amide bonds. The Kier molecular flexibility index (Phi) is 5.57. The number of carbonyl (C=O) groups is 1.